The van der Waals surface area contributed by atoms with Crippen LogP contribution in [0.3, 0.4) is 0 Å². The quantitative estimate of drug-likeness (QED) is 0.496. The molecule has 2 atom stereocenters. The van der Waals surface area contributed by atoms with Crippen LogP contribution in [0.25, 0.3) is 0 Å². The minimum Gasteiger partial charge on any atom is -0.415 e. The molecule has 2 aromatic rings. The summed E-state index contributed by atoms with van der Waals surface area (Å²) in [5.74, 6) is 0. The Morgan fingerprint density at radius 1 is 0.897 bits per heavy atom. The zero-order valence-electron chi connectivity index (χ0n) is 19.1. The van der Waals surface area contributed by atoms with E-state index in [4.69, 9.17) is 4.43 Å². The molecular weight excluding hydrogens is 374 g/mol. The maximum atomic E-state index is 10.9. The van der Waals surface area contributed by atoms with Crippen LogP contribution in [-0.4, -0.2) is 37.1 Å². The predicted octanol–water partition coefficient (Wildman–Crippen LogP) is 5.85. The second-order valence-electron chi connectivity index (χ2n) is 9.49. The van der Waals surface area contributed by atoms with Gasteiger partial charge >= 0.3 is 0 Å². The first-order valence-electron chi connectivity index (χ1n) is 10.8. The summed E-state index contributed by atoms with van der Waals surface area (Å²) in [6.45, 7) is 15.5. The maximum absolute atomic E-state index is 10.9. The lowest BCUT2D eigenvalue weighted by molar-refractivity contribution is 0.00842. The number of benzene rings is 2. The number of hydrogen-bond acceptors (Lipinski definition) is 3. The van der Waals surface area contributed by atoms with E-state index in [1.54, 1.807) is 0 Å². The van der Waals surface area contributed by atoms with E-state index in [2.05, 4.69) is 87.3 Å². The molecule has 0 aliphatic heterocycles. The van der Waals surface area contributed by atoms with Crippen molar-refractivity contribution in [1.82, 2.24) is 4.90 Å². The fraction of sp³-hybridized carbons (Fsp3) is 0.520. The van der Waals surface area contributed by atoms with Crippen LogP contribution >= 0.6 is 0 Å². The first-order valence-corrected chi connectivity index (χ1v) is 13.7. The average molecular weight is 414 g/mol. The van der Waals surface area contributed by atoms with E-state index in [-0.39, 0.29) is 11.1 Å². The molecule has 0 saturated heterocycles. The third kappa shape index (κ3) is 7.07. The Morgan fingerprint density at radius 2 is 1.34 bits per heavy atom. The summed E-state index contributed by atoms with van der Waals surface area (Å²) >= 11 is 0. The molecule has 2 rings (SSSR count). The summed E-state index contributed by atoms with van der Waals surface area (Å²) in [4.78, 5) is 2.38. The van der Waals surface area contributed by atoms with E-state index in [1.807, 2.05) is 19.1 Å². The number of hydrogen-bond donors (Lipinski definition) is 1. The van der Waals surface area contributed by atoms with Crippen molar-refractivity contribution in [3.8, 4) is 0 Å². The molecule has 0 spiro atoms. The molecule has 0 heterocycles. The number of rotatable bonds is 10. The highest BCUT2D eigenvalue weighted by Gasteiger charge is 2.38. The van der Waals surface area contributed by atoms with E-state index in [1.165, 1.54) is 11.1 Å². The zero-order valence-corrected chi connectivity index (χ0v) is 20.1. The summed E-state index contributed by atoms with van der Waals surface area (Å²) in [5, 5.41) is 11.1. The van der Waals surface area contributed by atoms with Gasteiger partial charge in [0, 0.05) is 13.1 Å². The van der Waals surface area contributed by atoms with E-state index < -0.39 is 14.4 Å². The van der Waals surface area contributed by atoms with Crippen molar-refractivity contribution < 1.29 is 9.53 Å². The fourth-order valence-corrected chi connectivity index (χ4v) is 4.19. The molecule has 0 saturated carbocycles. The second kappa shape index (κ2) is 10.5. The normalized spacial score (nSPS) is 14.8. The van der Waals surface area contributed by atoms with Gasteiger partial charge in [0.1, 0.15) is 0 Å². The van der Waals surface area contributed by atoms with Crippen LogP contribution in [-0.2, 0) is 17.5 Å². The molecule has 0 aromatic heterocycles. The Morgan fingerprint density at radius 3 is 1.72 bits per heavy atom. The van der Waals surface area contributed by atoms with E-state index >= 15 is 0 Å². The van der Waals surface area contributed by atoms with Gasteiger partial charge in [0.15, 0.2) is 8.32 Å². The van der Waals surface area contributed by atoms with Crippen molar-refractivity contribution in [1.29, 1.82) is 0 Å². The van der Waals surface area contributed by atoms with Gasteiger partial charge in [0.25, 0.3) is 0 Å². The third-order valence-electron chi connectivity index (χ3n) is 6.21. The Kier molecular flexibility index (Phi) is 8.65. The number of aliphatic hydroxyl groups is 1. The van der Waals surface area contributed by atoms with Crippen LogP contribution in [0.2, 0.25) is 18.1 Å². The smallest absolute Gasteiger partial charge is 0.192 e. The van der Waals surface area contributed by atoms with Gasteiger partial charge in [-0.05, 0) is 35.7 Å². The van der Waals surface area contributed by atoms with Gasteiger partial charge in [0.05, 0.1) is 18.8 Å². The largest absolute Gasteiger partial charge is 0.415 e. The minimum atomic E-state index is -1.89. The van der Waals surface area contributed by atoms with Gasteiger partial charge < -0.3 is 9.53 Å². The predicted molar refractivity (Wildman–Crippen MR) is 125 cm³/mol. The van der Waals surface area contributed by atoms with E-state index in [9.17, 15) is 5.11 Å². The first-order chi connectivity index (χ1) is 13.6. The molecule has 0 unspecified atom stereocenters. The SMILES string of the molecule is CC[C@@H](O)[C@H](CO[Si](C)(C)C(C)(C)C)N(Cc1ccccc1)Cc1ccccc1. The Bertz CT molecular complexity index is 671. The molecule has 0 aliphatic carbocycles. The van der Waals surface area contributed by atoms with Crippen LogP contribution in [0.5, 0.6) is 0 Å². The Hall–Kier alpha value is -1.46. The van der Waals surface area contributed by atoms with Crippen molar-refractivity contribution >= 4 is 8.32 Å². The van der Waals surface area contributed by atoms with Gasteiger partial charge in [0.2, 0.25) is 0 Å². The van der Waals surface area contributed by atoms with Crippen LogP contribution in [0.1, 0.15) is 45.2 Å². The summed E-state index contributed by atoms with van der Waals surface area (Å²) in [5.41, 5.74) is 2.51. The van der Waals surface area contributed by atoms with Gasteiger partial charge in [-0.1, -0.05) is 88.4 Å². The molecule has 1 N–H and O–H groups in total. The minimum absolute atomic E-state index is 0.0467. The molecular formula is C25H39NO2Si. The molecule has 3 nitrogen and oxygen atoms in total. The topological polar surface area (TPSA) is 32.7 Å². The summed E-state index contributed by atoms with van der Waals surface area (Å²) in [7, 11) is -1.89. The van der Waals surface area contributed by atoms with Gasteiger partial charge in [-0.3, -0.25) is 4.90 Å². The van der Waals surface area contributed by atoms with Gasteiger partial charge in [-0.2, -0.15) is 0 Å². The van der Waals surface area contributed by atoms with Crippen molar-refractivity contribution in [2.75, 3.05) is 6.61 Å². The standard InChI is InChI=1S/C25H39NO2Si/c1-7-24(27)23(20-28-29(5,6)25(2,3)4)26(18-21-14-10-8-11-15-21)19-22-16-12-9-13-17-22/h8-17,23-24,27H,7,18-20H2,1-6H3/t23-,24+/m0/s1. The van der Waals surface area contributed by atoms with E-state index in [0.29, 0.717) is 13.0 Å². The van der Waals surface area contributed by atoms with Crippen LogP contribution in [0.4, 0.5) is 0 Å². The van der Waals surface area contributed by atoms with Crippen molar-refractivity contribution in [3.63, 3.8) is 0 Å². The van der Waals surface area contributed by atoms with Crippen LogP contribution < -0.4 is 0 Å². The van der Waals surface area contributed by atoms with Crippen molar-refractivity contribution in [2.24, 2.45) is 0 Å². The van der Waals surface area contributed by atoms with Crippen molar-refractivity contribution in [3.05, 3.63) is 71.8 Å². The Balaban J connectivity index is 2.27. The number of aliphatic hydroxyl groups excluding tert-OH is 1. The van der Waals surface area contributed by atoms with Gasteiger partial charge in [-0.25, -0.2) is 0 Å². The molecule has 0 radical (unpaired) electrons. The Labute approximate surface area is 178 Å². The van der Waals surface area contributed by atoms with Crippen molar-refractivity contribution in [2.45, 2.75) is 77.5 Å². The molecule has 160 valence electrons. The molecule has 2 aromatic carbocycles. The first kappa shape index (κ1) is 23.8. The monoisotopic (exact) mass is 413 g/mol. The molecule has 4 heteroatoms. The van der Waals surface area contributed by atoms with Gasteiger partial charge in [-0.15, -0.1) is 0 Å². The lowest BCUT2D eigenvalue weighted by Gasteiger charge is -2.40. The lowest BCUT2D eigenvalue weighted by Crippen LogP contribution is -2.50. The fourth-order valence-electron chi connectivity index (χ4n) is 3.17. The molecule has 0 fully saturated rings. The summed E-state index contributed by atoms with van der Waals surface area (Å²) in [6.07, 6.45) is 0.290. The molecule has 0 bridgehead atoms. The lowest BCUT2D eigenvalue weighted by atomic mass is 10.0. The van der Waals surface area contributed by atoms with Crippen LogP contribution in [0, 0.1) is 0 Å². The highest BCUT2D eigenvalue weighted by Crippen LogP contribution is 2.37. The molecule has 0 aliphatic rings. The highest BCUT2D eigenvalue weighted by molar-refractivity contribution is 6.74. The summed E-state index contributed by atoms with van der Waals surface area (Å²) < 4.78 is 6.57. The van der Waals surface area contributed by atoms with Crippen LogP contribution in [0.15, 0.2) is 60.7 Å². The molecule has 29 heavy (non-hydrogen) atoms. The highest BCUT2D eigenvalue weighted by atomic mass is 28.4. The average Bonchev–Trinajstić information content (AvgIpc) is 2.68. The van der Waals surface area contributed by atoms with E-state index in [0.717, 1.165) is 13.1 Å². The zero-order chi connectivity index (χ0) is 21.5. The summed E-state index contributed by atoms with van der Waals surface area (Å²) in [6, 6.07) is 21.0. The molecule has 0 amide bonds. The number of nitrogens with zero attached hydrogens (tertiary/aromatic N) is 1. The maximum Gasteiger partial charge on any atom is 0.192 e. The second-order valence-corrected chi connectivity index (χ2v) is 14.3. The third-order valence-corrected chi connectivity index (χ3v) is 10.7.